The molecule has 0 heterocycles. The number of rotatable bonds is 14. The zero-order valence-corrected chi connectivity index (χ0v) is 18.2. The van der Waals surface area contributed by atoms with Crippen LogP contribution < -0.4 is 0 Å². The average Bonchev–Trinajstić information content (AvgIpc) is 2.73. The monoisotopic (exact) mass is 382 g/mol. The number of unbranched alkanes of at least 4 members (excludes halogenated alkanes) is 6. The van der Waals surface area contributed by atoms with Gasteiger partial charge < -0.3 is 0 Å². The van der Waals surface area contributed by atoms with Crippen LogP contribution in [0.3, 0.4) is 0 Å². The summed E-state index contributed by atoms with van der Waals surface area (Å²) >= 11 is 2.21. The van der Waals surface area contributed by atoms with E-state index in [1.165, 1.54) is 75.3 Å². The van der Waals surface area contributed by atoms with E-state index in [0.717, 1.165) is 0 Å². The largest absolute Gasteiger partial charge is 0.146 e. The first kappa shape index (κ1) is 22.1. The van der Waals surface area contributed by atoms with Crippen LogP contribution >= 0.6 is 11.8 Å². The van der Waals surface area contributed by atoms with Gasteiger partial charge >= 0.3 is 0 Å². The lowest BCUT2D eigenvalue weighted by Gasteiger charge is -2.25. The van der Waals surface area contributed by atoms with Gasteiger partial charge in [0.25, 0.3) is 0 Å². The van der Waals surface area contributed by atoms with Gasteiger partial charge in [-0.15, -0.1) is 11.8 Å². The van der Waals surface area contributed by atoms with Crippen molar-refractivity contribution in [3.63, 3.8) is 0 Å². The number of benzene rings is 2. The van der Waals surface area contributed by atoms with Crippen LogP contribution in [0.15, 0.2) is 60.7 Å². The molecule has 148 valence electrons. The van der Waals surface area contributed by atoms with Crippen LogP contribution in [0.1, 0.15) is 99.7 Å². The molecule has 0 radical (unpaired) electrons. The van der Waals surface area contributed by atoms with Gasteiger partial charge in [0.1, 0.15) is 0 Å². The second-order valence-electron chi connectivity index (χ2n) is 7.63. The fourth-order valence-electron chi connectivity index (χ4n) is 3.67. The summed E-state index contributed by atoms with van der Waals surface area (Å²) in [6.07, 6.45) is 13.4. The van der Waals surface area contributed by atoms with Gasteiger partial charge in [-0.2, -0.15) is 0 Å². The Morgan fingerprint density at radius 1 is 0.556 bits per heavy atom. The highest BCUT2D eigenvalue weighted by Gasteiger charge is 2.20. The first-order valence-corrected chi connectivity index (χ1v) is 12.0. The lowest BCUT2D eigenvalue weighted by Crippen LogP contribution is -2.02. The second kappa shape index (κ2) is 13.9. The number of hydrogen-bond acceptors (Lipinski definition) is 1. The molecule has 0 aliphatic rings. The van der Waals surface area contributed by atoms with Gasteiger partial charge in [-0.1, -0.05) is 126 Å². The van der Waals surface area contributed by atoms with Crippen LogP contribution in [0.5, 0.6) is 0 Å². The van der Waals surface area contributed by atoms with Crippen molar-refractivity contribution >= 4 is 11.8 Å². The maximum absolute atomic E-state index is 2.33. The van der Waals surface area contributed by atoms with Crippen LogP contribution in [0.2, 0.25) is 0 Å². The fourth-order valence-corrected chi connectivity index (χ4v) is 5.30. The van der Waals surface area contributed by atoms with Crippen molar-refractivity contribution in [2.75, 3.05) is 0 Å². The van der Waals surface area contributed by atoms with Gasteiger partial charge in [0.05, 0.1) is 0 Å². The highest BCUT2D eigenvalue weighted by molar-refractivity contribution is 7.99. The van der Waals surface area contributed by atoms with Crippen molar-refractivity contribution in [2.45, 2.75) is 88.6 Å². The summed E-state index contributed by atoms with van der Waals surface area (Å²) in [5.41, 5.74) is 3.02. The summed E-state index contributed by atoms with van der Waals surface area (Å²) in [5.74, 6) is 0. The Labute approximate surface area is 172 Å². The molecular weight excluding hydrogens is 344 g/mol. The molecule has 0 nitrogen and oxygen atoms in total. The molecule has 2 unspecified atom stereocenters. The van der Waals surface area contributed by atoms with E-state index >= 15 is 0 Å². The van der Waals surface area contributed by atoms with Gasteiger partial charge in [0, 0.05) is 10.5 Å². The predicted molar refractivity (Wildman–Crippen MR) is 123 cm³/mol. The lowest BCUT2D eigenvalue weighted by atomic mass is 10.0. The van der Waals surface area contributed by atoms with Crippen LogP contribution in [0.25, 0.3) is 0 Å². The molecule has 0 aromatic heterocycles. The molecule has 0 N–H and O–H groups in total. The Bertz CT molecular complexity index is 524. The van der Waals surface area contributed by atoms with E-state index in [9.17, 15) is 0 Å². The molecule has 0 bridgehead atoms. The third kappa shape index (κ3) is 8.56. The van der Waals surface area contributed by atoms with Crippen molar-refractivity contribution in [3.8, 4) is 0 Å². The van der Waals surface area contributed by atoms with Crippen LogP contribution in [-0.4, -0.2) is 0 Å². The van der Waals surface area contributed by atoms with E-state index < -0.39 is 0 Å². The summed E-state index contributed by atoms with van der Waals surface area (Å²) in [4.78, 5) is 0. The molecule has 2 aromatic carbocycles. The fraction of sp³-hybridized carbons (Fsp3) is 0.538. The van der Waals surface area contributed by atoms with Crippen molar-refractivity contribution in [3.05, 3.63) is 71.8 Å². The highest BCUT2D eigenvalue weighted by Crippen LogP contribution is 2.45. The maximum Gasteiger partial charge on any atom is 0.0303 e. The minimum atomic E-state index is 0.611. The Balaban J connectivity index is 2.07. The molecule has 0 aliphatic heterocycles. The Morgan fingerprint density at radius 2 is 0.963 bits per heavy atom. The molecular formula is C26H38S. The predicted octanol–water partition coefficient (Wildman–Crippen LogP) is 9.14. The Kier molecular flexibility index (Phi) is 11.4. The molecule has 2 atom stereocenters. The van der Waals surface area contributed by atoms with Crippen molar-refractivity contribution in [1.29, 1.82) is 0 Å². The van der Waals surface area contributed by atoms with Crippen molar-refractivity contribution in [1.82, 2.24) is 0 Å². The van der Waals surface area contributed by atoms with Gasteiger partial charge in [0.2, 0.25) is 0 Å². The summed E-state index contributed by atoms with van der Waals surface area (Å²) in [5, 5.41) is 1.22. The molecule has 27 heavy (non-hydrogen) atoms. The molecule has 0 saturated heterocycles. The zero-order chi connectivity index (χ0) is 19.2. The van der Waals surface area contributed by atoms with Crippen molar-refractivity contribution in [2.24, 2.45) is 0 Å². The number of thioether (sulfide) groups is 1. The smallest absolute Gasteiger partial charge is 0.0303 e. The van der Waals surface area contributed by atoms with E-state index in [1.807, 2.05) is 0 Å². The highest BCUT2D eigenvalue weighted by atomic mass is 32.2. The minimum absolute atomic E-state index is 0.611. The van der Waals surface area contributed by atoms with E-state index in [-0.39, 0.29) is 0 Å². The summed E-state index contributed by atoms with van der Waals surface area (Å²) in [7, 11) is 0. The second-order valence-corrected chi connectivity index (χ2v) is 9.04. The van der Waals surface area contributed by atoms with E-state index in [4.69, 9.17) is 0 Å². The van der Waals surface area contributed by atoms with Crippen LogP contribution in [0, 0.1) is 0 Å². The molecule has 0 aliphatic carbocycles. The van der Waals surface area contributed by atoms with E-state index in [1.54, 1.807) is 0 Å². The molecule has 2 aromatic rings. The normalized spacial score (nSPS) is 13.4. The van der Waals surface area contributed by atoms with E-state index in [2.05, 4.69) is 86.3 Å². The number of hydrogen-bond donors (Lipinski definition) is 0. The summed E-state index contributed by atoms with van der Waals surface area (Å²) in [6.45, 7) is 4.59. The van der Waals surface area contributed by atoms with Gasteiger partial charge in [0.15, 0.2) is 0 Å². The third-order valence-electron chi connectivity index (χ3n) is 5.31. The molecule has 1 heteroatoms. The van der Waals surface area contributed by atoms with E-state index in [0.29, 0.717) is 10.5 Å². The Morgan fingerprint density at radius 3 is 1.33 bits per heavy atom. The van der Waals surface area contributed by atoms with Gasteiger partial charge in [-0.25, -0.2) is 0 Å². The van der Waals surface area contributed by atoms with Crippen LogP contribution in [0.4, 0.5) is 0 Å². The minimum Gasteiger partial charge on any atom is -0.146 e. The third-order valence-corrected chi connectivity index (χ3v) is 6.98. The van der Waals surface area contributed by atoms with Crippen molar-refractivity contribution < 1.29 is 0 Å². The Hall–Kier alpha value is -1.21. The standard InChI is InChI=1S/C26H38S/c1-3-5-7-15-21-25(23-17-11-9-12-18-23)27-26(22-16-8-6-4-2)24-19-13-10-14-20-24/h9-14,17-20,25-26H,3-8,15-16,21-22H2,1-2H3. The molecule has 0 amide bonds. The SMILES string of the molecule is CCCCCCC(SC(CCCCCC)c1ccccc1)c1ccccc1. The molecule has 2 rings (SSSR count). The first-order valence-electron chi connectivity index (χ1n) is 11.1. The molecule has 0 saturated carbocycles. The van der Waals surface area contributed by atoms with Crippen LogP contribution in [-0.2, 0) is 0 Å². The topological polar surface area (TPSA) is 0 Å². The molecule has 0 fully saturated rings. The van der Waals surface area contributed by atoms with Gasteiger partial charge in [-0.3, -0.25) is 0 Å². The lowest BCUT2D eigenvalue weighted by molar-refractivity contribution is 0.614. The zero-order valence-electron chi connectivity index (χ0n) is 17.4. The first-order chi connectivity index (χ1) is 13.3. The summed E-state index contributed by atoms with van der Waals surface area (Å²) in [6, 6.07) is 22.4. The molecule has 0 spiro atoms. The summed E-state index contributed by atoms with van der Waals surface area (Å²) < 4.78 is 0. The maximum atomic E-state index is 2.33. The quantitative estimate of drug-likeness (QED) is 0.293. The van der Waals surface area contributed by atoms with Gasteiger partial charge in [-0.05, 0) is 24.0 Å². The average molecular weight is 383 g/mol.